The number of carbonyl (C=O) groups excluding carboxylic acids is 2. The third-order valence-electron chi connectivity index (χ3n) is 4.90. The molecule has 0 aliphatic carbocycles. The second-order valence-electron chi connectivity index (χ2n) is 6.82. The summed E-state index contributed by atoms with van der Waals surface area (Å²) < 4.78 is 1.91. The van der Waals surface area contributed by atoms with Gasteiger partial charge in [0.05, 0.1) is 11.6 Å². The standard InChI is InChI=1S/C20H21N5O2/c1-13-8-9-17(21-12-13)22-20(27)18-15-6-3-4-10-25(15)19(23-18)16-7-5-11-24(16)14(2)26/h3-4,6,8-10,12,16H,5,7,11H2,1-2H3,(H,21,22,27)/t16-/m0/s1. The number of carbonyl (C=O) groups is 2. The minimum Gasteiger partial charge on any atom is -0.333 e. The Bertz CT molecular complexity index is 1010. The number of nitrogens with one attached hydrogen (secondary N) is 1. The number of hydrogen-bond donors (Lipinski definition) is 1. The first-order valence-electron chi connectivity index (χ1n) is 9.03. The van der Waals surface area contributed by atoms with Crippen LogP contribution >= 0.6 is 0 Å². The SMILES string of the molecule is CC(=O)N1CCC[C@H]1c1nc(C(=O)Nc2ccc(C)cn2)c2ccccn12. The summed E-state index contributed by atoms with van der Waals surface area (Å²) in [4.78, 5) is 35.5. The van der Waals surface area contributed by atoms with Crippen LogP contribution in [0.3, 0.4) is 0 Å². The van der Waals surface area contributed by atoms with Crippen molar-refractivity contribution in [2.24, 2.45) is 0 Å². The molecule has 27 heavy (non-hydrogen) atoms. The molecule has 3 aromatic heterocycles. The number of imidazole rings is 1. The molecule has 3 aromatic rings. The summed E-state index contributed by atoms with van der Waals surface area (Å²) in [6.45, 7) is 4.23. The third-order valence-corrected chi connectivity index (χ3v) is 4.90. The van der Waals surface area contributed by atoms with Gasteiger partial charge in [-0.1, -0.05) is 12.1 Å². The van der Waals surface area contributed by atoms with Crippen molar-refractivity contribution in [1.82, 2.24) is 19.3 Å². The number of nitrogens with zero attached hydrogens (tertiary/aromatic N) is 4. The number of aryl methyl sites for hydroxylation is 1. The Kier molecular flexibility index (Phi) is 4.35. The van der Waals surface area contributed by atoms with E-state index < -0.39 is 0 Å². The van der Waals surface area contributed by atoms with Crippen LogP contribution in [-0.2, 0) is 4.79 Å². The van der Waals surface area contributed by atoms with Crippen LogP contribution in [0, 0.1) is 6.92 Å². The largest absolute Gasteiger partial charge is 0.333 e. The maximum absolute atomic E-state index is 12.8. The van der Waals surface area contributed by atoms with Crippen molar-refractivity contribution in [1.29, 1.82) is 0 Å². The smallest absolute Gasteiger partial charge is 0.277 e. The van der Waals surface area contributed by atoms with Gasteiger partial charge in [0, 0.05) is 25.9 Å². The van der Waals surface area contributed by atoms with Crippen molar-refractivity contribution < 1.29 is 9.59 Å². The summed E-state index contributed by atoms with van der Waals surface area (Å²) in [5, 5.41) is 2.81. The molecule has 0 unspecified atom stereocenters. The average Bonchev–Trinajstić information content (AvgIpc) is 3.28. The molecule has 0 saturated carbocycles. The second-order valence-corrected chi connectivity index (χ2v) is 6.82. The molecule has 4 rings (SSSR count). The highest BCUT2D eigenvalue weighted by molar-refractivity contribution is 6.07. The van der Waals surface area contributed by atoms with Gasteiger partial charge >= 0.3 is 0 Å². The van der Waals surface area contributed by atoms with Gasteiger partial charge in [-0.25, -0.2) is 9.97 Å². The molecule has 1 saturated heterocycles. The van der Waals surface area contributed by atoms with Gasteiger partial charge in [0.2, 0.25) is 5.91 Å². The molecule has 7 nitrogen and oxygen atoms in total. The molecule has 1 atom stereocenters. The summed E-state index contributed by atoms with van der Waals surface area (Å²) in [6.07, 6.45) is 5.36. The zero-order valence-electron chi connectivity index (χ0n) is 15.3. The lowest BCUT2D eigenvalue weighted by Crippen LogP contribution is -2.29. The summed E-state index contributed by atoms with van der Waals surface area (Å²) in [7, 11) is 0. The molecule has 1 fully saturated rings. The lowest BCUT2D eigenvalue weighted by atomic mass is 10.2. The number of rotatable bonds is 3. The second kappa shape index (κ2) is 6.83. The summed E-state index contributed by atoms with van der Waals surface area (Å²) >= 11 is 0. The van der Waals surface area contributed by atoms with Crippen molar-refractivity contribution in [3.63, 3.8) is 0 Å². The van der Waals surface area contributed by atoms with Gasteiger partial charge in [-0.3, -0.25) is 9.59 Å². The zero-order chi connectivity index (χ0) is 19.0. The predicted molar refractivity (Wildman–Crippen MR) is 101 cm³/mol. The molecular weight excluding hydrogens is 342 g/mol. The fourth-order valence-electron chi connectivity index (χ4n) is 3.59. The van der Waals surface area contributed by atoms with Crippen molar-refractivity contribution in [2.75, 3.05) is 11.9 Å². The van der Waals surface area contributed by atoms with E-state index in [0.717, 1.165) is 30.8 Å². The Morgan fingerprint density at radius 3 is 2.81 bits per heavy atom. The van der Waals surface area contributed by atoms with Crippen LogP contribution in [0.4, 0.5) is 5.82 Å². The molecule has 0 aromatic carbocycles. The van der Waals surface area contributed by atoms with Gasteiger partial charge < -0.3 is 14.6 Å². The molecule has 1 aliphatic heterocycles. The normalized spacial score (nSPS) is 16.7. The topological polar surface area (TPSA) is 79.6 Å². The van der Waals surface area contributed by atoms with E-state index in [9.17, 15) is 9.59 Å². The van der Waals surface area contributed by atoms with Crippen LogP contribution in [0.1, 0.15) is 47.7 Å². The van der Waals surface area contributed by atoms with Gasteiger partial charge in [-0.15, -0.1) is 0 Å². The number of aromatic nitrogens is 3. The zero-order valence-corrected chi connectivity index (χ0v) is 15.3. The van der Waals surface area contributed by atoms with Gasteiger partial charge in [0.1, 0.15) is 11.6 Å². The predicted octanol–water partition coefficient (Wildman–Crippen LogP) is 2.97. The minimum atomic E-state index is -0.311. The molecule has 1 aliphatic rings. The molecule has 4 heterocycles. The monoisotopic (exact) mass is 363 g/mol. The average molecular weight is 363 g/mol. The fraction of sp³-hybridized carbons (Fsp3) is 0.300. The van der Waals surface area contributed by atoms with Crippen LogP contribution in [-0.4, -0.2) is 37.6 Å². The van der Waals surface area contributed by atoms with Crippen LogP contribution in [0.15, 0.2) is 42.7 Å². The van der Waals surface area contributed by atoms with Crippen LogP contribution < -0.4 is 5.32 Å². The Hall–Kier alpha value is -3.22. The summed E-state index contributed by atoms with van der Waals surface area (Å²) in [5.74, 6) is 0.921. The molecule has 2 amide bonds. The highest BCUT2D eigenvalue weighted by Gasteiger charge is 2.32. The van der Waals surface area contributed by atoms with Crippen LogP contribution in [0.25, 0.3) is 5.52 Å². The lowest BCUT2D eigenvalue weighted by molar-refractivity contribution is -0.129. The van der Waals surface area contributed by atoms with E-state index in [2.05, 4.69) is 15.3 Å². The summed E-state index contributed by atoms with van der Waals surface area (Å²) in [6, 6.07) is 9.18. The van der Waals surface area contributed by atoms with Gasteiger partial charge in [-0.2, -0.15) is 0 Å². The molecule has 0 spiro atoms. The van der Waals surface area contributed by atoms with Crippen molar-refractivity contribution in [2.45, 2.75) is 32.7 Å². The van der Waals surface area contributed by atoms with E-state index in [-0.39, 0.29) is 17.9 Å². The van der Waals surface area contributed by atoms with Crippen molar-refractivity contribution >= 4 is 23.1 Å². The highest BCUT2D eigenvalue weighted by atomic mass is 16.2. The van der Waals surface area contributed by atoms with E-state index in [1.54, 1.807) is 19.2 Å². The van der Waals surface area contributed by atoms with E-state index in [1.807, 2.05) is 46.7 Å². The van der Waals surface area contributed by atoms with Crippen molar-refractivity contribution in [3.8, 4) is 0 Å². The Morgan fingerprint density at radius 1 is 1.22 bits per heavy atom. The number of pyridine rings is 2. The number of anilines is 1. The Morgan fingerprint density at radius 2 is 2.07 bits per heavy atom. The van der Waals surface area contributed by atoms with E-state index in [4.69, 9.17) is 0 Å². The first kappa shape index (κ1) is 17.2. The molecule has 0 radical (unpaired) electrons. The van der Waals surface area contributed by atoms with Gasteiger partial charge in [-0.05, 0) is 43.5 Å². The first-order chi connectivity index (χ1) is 13.0. The summed E-state index contributed by atoms with van der Waals surface area (Å²) in [5.41, 5.74) is 2.07. The number of likely N-dealkylation sites (tertiary alicyclic amines) is 1. The number of fused-ring (bicyclic) bond motifs is 1. The molecule has 1 N–H and O–H groups in total. The quantitative estimate of drug-likeness (QED) is 0.776. The Balaban J connectivity index is 1.72. The third kappa shape index (κ3) is 3.16. The maximum atomic E-state index is 12.8. The maximum Gasteiger partial charge on any atom is 0.277 e. The van der Waals surface area contributed by atoms with E-state index >= 15 is 0 Å². The Labute approximate surface area is 157 Å². The van der Waals surface area contributed by atoms with Crippen LogP contribution in [0.5, 0.6) is 0 Å². The van der Waals surface area contributed by atoms with Gasteiger partial charge in [0.15, 0.2) is 5.69 Å². The van der Waals surface area contributed by atoms with Crippen LogP contribution in [0.2, 0.25) is 0 Å². The number of hydrogen-bond acceptors (Lipinski definition) is 4. The fourth-order valence-corrected chi connectivity index (χ4v) is 3.59. The molecular formula is C20H21N5O2. The highest BCUT2D eigenvalue weighted by Crippen LogP contribution is 2.32. The first-order valence-corrected chi connectivity index (χ1v) is 9.03. The van der Waals surface area contributed by atoms with E-state index in [0.29, 0.717) is 17.0 Å². The molecule has 7 heteroatoms. The lowest BCUT2D eigenvalue weighted by Gasteiger charge is -2.22. The van der Waals surface area contributed by atoms with Crippen molar-refractivity contribution in [3.05, 3.63) is 59.8 Å². The molecule has 0 bridgehead atoms. The van der Waals surface area contributed by atoms with E-state index in [1.165, 1.54) is 0 Å². The minimum absolute atomic E-state index is 0.0278. The number of amides is 2. The van der Waals surface area contributed by atoms with Gasteiger partial charge in [0.25, 0.3) is 5.91 Å². The molecule has 138 valence electrons.